The van der Waals surface area contributed by atoms with E-state index in [4.69, 9.17) is 9.94 Å². The number of methoxy groups -OCH3 is 1. The predicted molar refractivity (Wildman–Crippen MR) is 81.0 cm³/mol. The van der Waals surface area contributed by atoms with E-state index in [2.05, 4.69) is 5.32 Å². The highest BCUT2D eigenvalue weighted by atomic mass is 16.5. The largest absolute Gasteiger partial charge is 0.497 e. The predicted octanol–water partition coefficient (Wildman–Crippen LogP) is 2.00. The maximum absolute atomic E-state index is 12.1. The number of carbonyl (C=O) groups excluding carboxylic acids is 2. The Morgan fingerprint density at radius 3 is 2.50 bits per heavy atom. The molecule has 0 heterocycles. The Hall–Kier alpha value is -2.86. The highest BCUT2D eigenvalue weighted by Gasteiger charge is 2.08. The molecule has 0 radical (unpaired) electrons. The Bertz CT molecular complexity index is 668. The van der Waals surface area contributed by atoms with E-state index in [0.29, 0.717) is 22.6 Å². The van der Waals surface area contributed by atoms with Crippen LogP contribution in [0.15, 0.2) is 48.5 Å². The minimum absolute atomic E-state index is 0.0305. The van der Waals surface area contributed by atoms with E-state index in [1.54, 1.807) is 61.1 Å². The first-order chi connectivity index (χ1) is 10.6. The van der Waals surface area contributed by atoms with Gasteiger partial charge in [-0.1, -0.05) is 12.1 Å². The van der Waals surface area contributed by atoms with Gasteiger partial charge < -0.3 is 10.1 Å². The number of nitrogens with one attached hydrogen (secondary N) is 2. The van der Waals surface area contributed by atoms with Crippen LogP contribution in [0.4, 0.5) is 5.69 Å². The van der Waals surface area contributed by atoms with Crippen LogP contribution in [0.25, 0.3) is 0 Å². The molecule has 0 spiro atoms. The Balaban J connectivity index is 2.07. The van der Waals surface area contributed by atoms with Gasteiger partial charge in [0.15, 0.2) is 0 Å². The number of ether oxygens (including phenoxy) is 1. The number of hydrogen-bond acceptors (Lipinski definition) is 4. The molecule has 0 fully saturated rings. The summed E-state index contributed by atoms with van der Waals surface area (Å²) in [5.74, 6) is -0.0985. The average molecular weight is 300 g/mol. The van der Waals surface area contributed by atoms with E-state index in [0.717, 1.165) is 0 Å². The van der Waals surface area contributed by atoms with Gasteiger partial charge in [0.2, 0.25) is 5.91 Å². The first-order valence-corrected chi connectivity index (χ1v) is 6.59. The van der Waals surface area contributed by atoms with Crippen LogP contribution >= 0.6 is 0 Å². The summed E-state index contributed by atoms with van der Waals surface area (Å²) in [7, 11) is 1.56. The van der Waals surface area contributed by atoms with Gasteiger partial charge >= 0.3 is 0 Å². The van der Waals surface area contributed by atoms with Crippen LogP contribution in [0, 0.1) is 0 Å². The van der Waals surface area contributed by atoms with Gasteiger partial charge in [-0.15, -0.1) is 0 Å². The van der Waals surface area contributed by atoms with Crippen LogP contribution in [0.3, 0.4) is 0 Å². The third-order valence-corrected chi connectivity index (χ3v) is 3.03. The Kier molecular flexibility index (Phi) is 5.11. The number of anilines is 1. The van der Waals surface area contributed by atoms with Crippen LogP contribution in [-0.2, 0) is 11.2 Å². The van der Waals surface area contributed by atoms with Crippen molar-refractivity contribution in [1.29, 1.82) is 0 Å². The molecule has 6 nitrogen and oxygen atoms in total. The number of hydrogen-bond donors (Lipinski definition) is 3. The standard InChI is InChI=1S/C16H16N2O4/c1-22-14-7-5-12(6-8-14)16(20)17-13-4-2-3-11(9-13)10-15(19)18-21/h2-9,21H,10H2,1H3,(H,17,20)(H,18,19). The summed E-state index contributed by atoms with van der Waals surface area (Å²) in [6, 6.07) is 13.6. The Morgan fingerprint density at radius 1 is 1.14 bits per heavy atom. The number of benzene rings is 2. The summed E-state index contributed by atoms with van der Waals surface area (Å²) < 4.78 is 5.04. The van der Waals surface area contributed by atoms with E-state index >= 15 is 0 Å². The number of carbonyl (C=O) groups is 2. The summed E-state index contributed by atoms with van der Waals surface area (Å²) in [6.07, 6.45) is 0.0305. The van der Waals surface area contributed by atoms with Crippen molar-refractivity contribution >= 4 is 17.5 Å². The molecule has 0 saturated heterocycles. The second kappa shape index (κ2) is 7.24. The van der Waals surface area contributed by atoms with Gasteiger partial charge in [0.1, 0.15) is 5.75 Å². The third kappa shape index (κ3) is 4.07. The van der Waals surface area contributed by atoms with Crippen molar-refractivity contribution in [1.82, 2.24) is 5.48 Å². The van der Waals surface area contributed by atoms with Crippen molar-refractivity contribution in [2.45, 2.75) is 6.42 Å². The van der Waals surface area contributed by atoms with Crippen LogP contribution in [0.1, 0.15) is 15.9 Å². The molecule has 22 heavy (non-hydrogen) atoms. The molecule has 2 rings (SSSR count). The molecule has 2 amide bonds. The van der Waals surface area contributed by atoms with Gasteiger partial charge in [-0.3, -0.25) is 14.8 Å². The molecular formula is C16H16N2O4. The van der Waals surface area contributed by atoms with E-state index in [9.17, 15) is 9.59 Å². The molecule has 0 saturated carbocycles. The summed E-state index contributed by atoms with van der Waals surface area (Å²) in [6.45, 7) is 0. The van der Waals surface area contributed by atoms with Crippen molar-refractivity contribution in [3.05, 3.63) is 59.7 Å². The fourth-order valence-corrected chi connectivity index (χ4v) is 1.93. The molecule has 0 unspecified atom stereocenters. The van der Waals surface area contributed by atoms with Crippen LogP contribution in [0.5, 0.6) is 5.75 Å². The molecule has 0 atom stereocenters. The first-order valence-electron chi connectivity index (χ1n) is 6.59. The van der Waals surface area contributed by atoms with Crippen LogP contribution in [0.2, 0.25) is 0 Å². The minimum atomic E-state index is -0.515. The Labute approximate surface area is 127 Å². The number of rotatable bonds is 5. The highest BCUT2D eigenvalue weighted by molar-refractivity contribution is 6.04. The van der Waals surface area contributed by atoms with E-state index in [1.165, 1.54) is 0 Å². The molecular weight excluding hydrogens is 284 g/mol. The summed E-state index contributed by atoms with van der Waals surface area (Å²) in [5.41, 5.74) is 3.32. The minimum Gasteiger partial charge on any atom is -0.497 e. The fraction of sp³-hybridized carbons (Fsp3) is 0.125. The maximum Gasteiger partial charge on any atom is 0.255 e. The molecule has 6 heteroatoms. The molecule has 0 aliphatic rings. The van der Waals surface area contributed by atoms with Gasteiger partial charge in [-0.05, 0) is 42.0 Å². The van der Waals surface area contributed by atoms with Gasteiger partial charge in [0, 0.05) is 11.3 Å². The summed E-state index contributed by atoms with van der Waals surface area (Å²) in [5, 5.41) is 11.3. The smallest absolute Gasteiger partial charge is 0.255 e. The second-order valence-electron chi connectivity index (χ2n) is 4.59. The summed E-state index contributed by atoms with van der Waals surface area (Å²) >= 11 is 0. The van der Waals surface area contributed by atoms with Gasteiger partial charge in [-0.2, -0.15) is 0 Å². The fourth-order valence-electron chi connectivity index (χ4n) is 1.93. The summed E-state index contributed by atoms with van der Waals surface area (Å²) in [4.78, 5) is 23.3. The van der Waals surface area contributed by atoms with Crippen molar-refractivity contribution in [2.24, 2.45) is 0 Å². The molecule has 0 aromatic heterocycles. The van der Waals surface area contributed by atoms with Gasteiger partial charge in [-0.25, -0.2) is 5.48 Å². The molecule has 3 N–H and O–H groups in total. The second-order valence-corrected chi connectivity index (χ2v) is 4.59. The maximum atomic E-state index is 12.1. The quantitative estimate of drug-likeness (QED) is 0.582. The van der Waals surface area contributed by atoms with Crippen molar-refractivity contribution in [3.8, 4) is 5.75 Å². The van der Waals surface area contributed by atoms with Crippen molar-refractivity contribution < 1.29 is 19.5 Å². The van der Waals surface area contributed by atoms with Gasteiger partial charge in [0.25, 0.3) is 5.91 Å². The number of amides is 2. The lowest BCUT2D eigenvalue weighted by atomic mass is 10.1. The monoisotopic (exact) mass is 300 g/mol. The zero-order chi connectivity index (χ0) is 15.9. The SMILES string of the molecule is COc1ccc(C(=O)Nc2cccc(CC(=O)NO)c2)cc1. The van der Waals surface area contributed by atoms with Crippen LogP contribution in [-0.4, -0.2) is 24.1 Å². The van der Waals surface area contributed by atoms with Gasteiger partial charge in [0.05, 0.1) is 13.5 Å². The topological polar surface area (TPSA) is 87.7 Å². The third-order valence-electron chi connectivity index (χ3n) is 3.03. The molecule has 0 bridgehead atoms. The zero-order valence-corrected chi connectivity index (χ0v) is 12.0. The van der Waals surface area contributed by atoms with Crippen molar-refractivity contribution in [2.75, 3.05) is 12.4 Å². The normalized spacial score (nSPS) is 9.91. The zero-order valence-electron chi connectivity index (χ0n) is 12.0. The van der Waals surface area contributed by atoms with Crippen molar-refractivity contribution in [3.63, 3.8) is 0 Å². The van der Waals surface area contributed by atoms with E-state index in [1.807, 2.05) is 0 Å². The molecule has 2 aromatic carbocycles. The lowest BCUT2D eigenvalue weighted by molar-refractivity contribution is -0.128. The molecule has 114 valence electrons. The van der Waals surface area contributed by atoms with Crippen LogP contribution < -0.4 is 15.5 Å². The number of hydroxylamine groups is 1. The lowest BCUT2D eigenvalue weighted by Crippen LogP contribution is -2.20. The van der Waals surface area contributed by atoms with E-state index < -0.39 is 5.91 Å². The molecule has 0 aliphatic carbocycles. The Morgan fingerprint density at radius 2 is 1.86 bits per heavy atom. The highest BCUT2D eigenvalue weighted by Crippen LogP contribution is 2.15. The lowest BCUT2D eigenvalue weighted by Gasteiger charge is -2.08. The average Bonchev–Trinajstić information content (AvgIpc) is 2.55. The molecule has 2 aromatic rings. The van der Waals surface area contributed by atoms with E-state index in [-0.39, 0.29) is 12.3 Å². The first kappa shape index (κ1) is 15.5. The molecule has 0 aliphatic heterocycles.